The molecule has 0 saturated heterocycles. The van der Waals surface area contributed by atoms with Gasteiger partial charge in [0.15, 0.2) is 17.5 Å². The maximum Gasteiger partial charge on any atom is 0.164 e. The van der Waals surface area contributed by atoms with Crippen LogP contribution in [0.4, 0.5) is 0 Å². The highest BCUT2D eigenvalue weighted by Gasteiger charge is 2.20. The van der Waals surface area contributed by atoms with Crippen LogP contribution >= 0.6 is 0 Å². The van der Waals surface area contributed by atoms with E-state index in [0.717, 1.165) is 57.5 Å². The molecule has 0 spiro atoms. The molecular weight excluding hydrogens is 669 g/mol. The van der Waals surface area contributed by atoms with Gasteiger partial charge < -0.3 is 4.57 Å². The average Bonchev–Trinajstić information content (AvgIpc) is 3.61. The zero-order valence-electron chi connectivity index (χ0n) is 30.2. The van der Waals surface area contributed by atoms with Crippen LogP contribution in [0.15, 0.2) is 188 Å². The second kappa shape index (κ2) is 14.0. The molecular formula is C51H36N4. The smallest absolute Gasteiger partial charge is 0.164 e. The van der Waals surface area contributed by atoms with Gasteiger partial charge in [-0.15, -0.1) is 0 Å². The van der Waals surface area contributed by atoms with Gasteiger partial charge >= 0.3 is 0 Å². The van der Waals surface area contributed by atoms with Crippen LogP contribution in [0.1, 0.15) is 17.7 Å². The highest BCUT2D eigenvalue weighted by molar-refractivity contribution is 5.93. The molecule has 0 saturated carbocycles. The minimum Gasteiger partial charge on any atom is -0.313 e. The zero-order chi connectivity index (χ0) is 36.6. The number of hydrogen-bond donors (Lipinski definition) is 0. The number of para-hydroxylation sites is 1. The Morgan fingerprint density at radius 2 is 0.855 bits per heavy atom. The number of fused-ring (bicyclic) bond motifs is 3. The van der Waals surface area contributed by atoms with Crippen LogP contribution in [-0.2, 0) is 6.42 Å². The summed E-state index contributed by atoms with van der Waals surface area (Å²) in [5.41, 5.74) is 14.7. The van der Waals surface area contributed by atoms with Crippen molar-refractivity contribution in [1.82, 2.24) is 19.5 Å². The summed E-state index contributed by atoms with van der Waals surface area (Å²) < 4.78 is 2.41. The molecule has 0 unspecified atom stereocenters. The molecule has 1 aliphatic carbocycles. The van der Waals surface area contributed by atoms with Gasteiger partial charge in [-0.1, -0.05) is 164 Å². The van der Waals surface area contributed by atoms with Crippen molar-refractivity contribution in [3.05, 3.63) is 199 Å². The zero-order valence-corrected chi connectivity index (χ0v) is 30.2. The molecule has 2 aromatic heterocycles. The fourth-order valence-corrected chi connectivity index (χ4v) is 7.80. The van der Waals surface area contributed by atoms with Crippen molar-refractivity contribution in [3.8, 4) is 73.2 Å². The Kier molecular flexibility index (Phi) is 8.27. The molecule has 0 atom stereocenters. The summed E-state index contributed by atoms with van der Waals surface area (Å²) in [7, 11) is 0. The first-order valence-corrected chi connectivity index (χ1v) is 18.8. The molecule has 0 N–H and O–H groups in total. The fraction of sp³-hybridized carbons (Fsp3) is 0.0392. The molecule has 2 heterocycles. The Bertz CT molecular complexity index is 2850. The SMILES string of the molecule is C1=Cc2c(n(-c3cccc(-c4nc(-c5ccc(-c6cccc(-c7ccccc7)c6)cc5)nc(-c5cccc(-c6ccccc6)c5)n4)c3)c3ccccc23)CC1. The molecule has 0 aliphatic heterocycles. The van der Waals surface area contributed by atoms with E-state index in [1.165, 1.54) is 33.3 Å². The summed E-state index contributed by atoms with van der Waals surface area (Å²) in [4.78, 5) is 15.5. The summed E-state index contributed by atoms with van der Waals surface area (Å²) in [6.45, 7) is 0. The minimum atomic E-state index is 0.633. The van der Waals surface area contributed by atoms with Crippen molar-refractivity contribution in [2.45, 2.75) is 12.8 Å². The van der Waals surface area contributed by atoms with Gasteiger partial charge in [-0.25, -0.2) is 15.0 Å². The lowest BCUT2D eigenvalue weighted by molar-refractivity contribution is 0.888. The molecule has 1 aliphatic rings. The van der Waals surface area contributed by atoms with Crippen molar-refractivity contribution in [2.75, 3.05) is 0 Å². The lowest BCUT2D eigenvalue weighted by Gasteiger charge is -2.15. The standard InChI is InChI=1S/C51H36N4/c1-3-14-35(15-4-1)39-18-11-19-40(32-39)37-28-30-38(31-29-37)49-52-50(42-21-12-20-41(33-42)36-16-5-2-6-17-36)54-51(53-49)43-22-13-23-44(34-43)55-47-26-9-7-24-45(47)46-25-8-10-27-48(46)55/h1-9,11-26,28-34H,10,27H2. The molecule has 7 aromatic carbocycles. The second-order valence-electron chi connectivity index (χ2n) is 14.0. The highest BCUT2D eigenvalue weighted by Crippen LogP contribution is 2.36. The van der Waals surface area contributed by atoms with Crippen molar-refractivity contribution >= 4 is 17.0 Å². The topological polar surface area (TPSA) is 43.6 Å². The van der Waals surface area contributed by atoms with E-state index < -0.39 is 0 Å². The number of nitrogens with zero attached hydrogens (tertiary/aromatic N) is 4. The van der Waals surface area contributed by atoms with Crippen LogP contribution in [-0.4, -0.2) is 19.5 Å². The van der Waals surface area contributed by atoms with E-state index in [-0.39, 0.29) is 0 Å². The van der Waals surface area contributed by atoms with Crippen molar-refractivity contribution in [2.24, 2.45) is 0 Å². The van der Waals surface area contributed by atoms with E-state index in [2.05, 4.69) is 193 Å². The van der Waals surface area contributed by atoms with Crippen LogP contribution in [0, 0.1) is 0 Å². The molecule has 4 heteroatoms. The monoisotopic (exact) mass is 704 g/mol. The van der Waals surface area contributed by atoms with Crippen LogP contribution in [0.5, 0.6) is 0 Å². The first-order chi connectivity index (χ1) is 27.2. The highest BCUT2D eigenvalue weighted by atomic mass is 15.0. The van der Waals surface area contributed by atoms with E-state index in [1.807, 2.05) is 6.07 Å². The quantitative estimate of drug-likeness (QED) is 0.166. The predicted octanol–water partition coefficient (Wildman–Crippen LogP) is 12.8. The molecule has 9 aromatic rings. The lowest BCUT2D eigenvalue weighted by atomic mass is 9.98. The molecule has 0 fully saturated rings. The first-order valence-electron chi connectivity index (χ1n) is 18.8. The third-order valence-electron chi connectivity index (χ3n) is 10.5. The number of hydrogen-bond acceptors (Lipinski definition) is 3. The molecule has 0 amide bonds. The largest absolute Gasteiger partial charge is 0.313 e. The number of allylic oxidation sites excluding steroid dienone is 1. The molecule has 0 radical (unpaired) electrons. The normalized spacial score (nSPS) is 12.1. The molecule has 10 rings (SSSR count). The Labute approximate surface area is 320 Å². The summed E-state index contributed by atoms with van der Waals surface area (Å²) in [5, 5.41) is 1.28. The van der Waals surface area contributed by atoms with E-state index in [9.17, 15) is 0 Å². The van der Waals surface area contributed by atoms with E-state index >= 15 is 0 Å². The maximum absolute atomic E-state index is 5.17. The number of aromatic nitrogens is 4. The van der Waals surface area contributed by atoms with Gasteiger partial charge in [0.25, 0.3) is 0 Å². The second-order valence-corrected chi connectivity index (χ2v) is 14.0. The fourth-order valence-electron chi connectivity index (χ4n) is 7.80. The van der Waals surface area contributed by atoms with Crippen LogP contribution < -0.4 is 0 Å². The Balaban J connectivity index is 1.08. The van der Waals surface area contributed by atoms with Crippen LogP contribution in [0.3, 0.4) is 0 Å². The number of rotatable bonds is 7. The van der Waals surface area contributed by atoms with Gasteiger partial charge in [0, 0.05) is 39.0 Å². The van der Waals surface area contributed by atoms with E-state index in [4.69, 9.17) is 15.0 Å². The summed E-state index contributed by atoms with van der Waals surface area (Å²) >= 11 is 0. The number of benzene rings is 7. The molecule has 260 valence electrons. The van der Waals surface area contributed by atoms with Gasteiger partial charge in [-0.05, 0) is 76.6 Å². The molecule has 4 nitrogen and oxygen atoms in total. The predicted molar refractivity (Wildman–Crippen MR) is 227 cm³/mol. The minimum absolute atomic E-state index is 0.633. The summed E-state index contributed by atoms with van der Waals surface area (Å²) in [6.07, 6.45) is 6.59. The Morgan fingerprint density at radius 3 is 1.51 bits per heavy atom. The van der Waals surface area contributed by atoms with Gasteiger partial charge in [0.05, 0.1) is 5.52 Å². The first kappa shape index (κ1) is 32.5. The van der Waals surface area contributed by atoms with Crippen LogP contribution in [0.25, 0.3) is 90.2 Å². The Morgan fingerprint density at radius 1 is 0.382 bits per heavy atom. The third kappa shape index (κ3) is 6.24. The molecule has 0 bridgehead atoms. The van der Waals surface area contributed by atoms with Crippen molar-refractivity contribution in [1.29, 1.82) is 0 Å². The van der Waals surface area contributed by atoms with E-state index in [1.54, 1.807) is 0 Å². The average molecular weight is 705 g/mol. The summed E-state index contributed by atoms with van der Waals surface area (Å²) in [5.74, 6) is 1.91. The third-order valence-corrected chi connectivity index (χ3v) is 10.5. The van der Waals surface area contributed by atoms with Gasteiger partial charge in [-0.2, -0.15) is 0 Å². The van der Waals surface area contributed by atoms with Crippen LogP contribution in [0.2, 0.25) is 0 Å². The van der Waals surface area contributed by atoms with Gasteiger partial charge in [0.1, 0.15) is 0 Å². The lowest BCUT2D eigenvalue weighted by Crippen LogP contribution is -2.04. The molecule has 55 heavy (non-hydrogen) atoms. The van der Waals surface area contributed by atoms with Gasteiger partial charge in [-0.3, -0.25) is 0 Å². The summed E-state index contributed by atoms with van der Waals surface area (Å²) in [6, 6.07) is 64.0. The van der Waals surface area contributed by atoms with E-state index in [0.29, 0.717) is 17.5 Å². The van der Waals surface area contributed by atoms with Gasteiger partial charge in [0.2, 0.25) is 0 Å². The van der Waals surface area contributed by atoms with Crippen molar-refractivity contribution < 1.29 is 0 Å². The van der Waals surface area contributed by atoms with Crippen molar-refractivity contribution in [3.63, 3.8) is 0 Å². The maximum atomic E-state index is 5.17. The Hall–Kier alpha value is -7.17.